The molecule has 1 aromatic heterocycles. The summed E-state index contributed by atoms with van der Waals surface area (Å²) in [6.07, 6.45) is 3.38. The number of aromatic amines is 1. The van der Waals surface area contributed by atoms with Crippen molar-refractivity contribution in [3.8, 4) is 0 Å². The van der Waals surface area contributed by atoms with Crippen LogP contribution in [0.4, 0.5) is 0 Å². The Morgan fingerprint density at radius 2 is 2.57 bits per heavy atom. The summed E-state index contributed by atoms with van der Waals surface area (Å²) in [5.74, 6) is 0.616. The lowest BCUT2D eigenvalue weighted by Crippen LogP contribution is -2.30. The maximum absolute atomic E-state index is 11.2. The first kappa shape index (κ1) is 10.7. The van der Waals surface area contributed by atoms with Crippen molar-refractivity contribution in [1.29, 1.82) is 0 Å². The van der Waals surface area contributed by atoms with Gasteiger partial charge in [-0.2, -0.15) is 0 Å². The fraction of sp³-hybridized carbons (Fsp3) is 0.556. The summed E-state index contributed by atoms with van der Waals surface area (Å²) in [6, 6.07) is -0.113. The van der Waals surface area contributed by atoms with Crippen LogP contribution in [0.2, 0.25) is 0 Å². The van der Waals surface area contributed by atoms with E-state index in [4.69, 9.17) is 4.74 Å². The number of nitrogens with zero attached hydrogens (tertiary/aromatic N) is 1. The number of nitrogens with one attached hydrogen (secondary N) is 2. The molecule has 2 N–H and O–H groups in total. The van der Waals surface area contributed by atoms with Crippen LogP contribution < -0.4 is 5.32 Å². The molecule has 5 heteroatoms. The van der Waals surface area contributed by atoms with Gasteiger partial charge in [0, 0.05) is 19.0 Å². The number of rotatable bonds is 5. The van der Waals surface area contributed by atoms with Gasteiger partial charge in [-0.05, 0) is 13.8 Å². The highest BCUT2D eigenvalue weighted by Gasteiger charge is 2.10. The minimum Gasteiger partial charge on any atom is -0.372 e. The third kappa shape index (κ3) is 3.18. The van der Waals surface area contributed by atoms with Crippen LogP contribution in [-0.2, 0) is 9.53 Å². The summed E-state index contributed by atoms with van der Waals surface area (Å²) < 4.78 is 4.97. The number of carbonyl (C=O) groups excluding carboxylic acids is 1. The van der Waals surface area contributed by atoms with Crippen molar-refractivity contribution >= 4 is 5.91 Å². The third-order valence-electron chi connectivity index (χ3n) is 1.74. The molecule has 1 rings (SSSR count). The van der Waals surface area contributed by atoms with Gasteiger partial charge in [-0.25, -0.2) is 4.98 Å². The van der Waals surface area contributed by atoms with Gasteiger partial charge in [-0.1, -0.05) is 0 Å². The molecule has 14 heavy (non-hydrogen) atoms. The van der Waals surface area contributed by atoms with Gasteiger partial charge in [-0.3, -0.25) is 4.79 Å². The summed E-state index contributed by atoms with van der Waals surface area (Å²) in [6.45, 7) is 4.36. The normalized spacial score (nSPS) is 12.4. The number of amides is 1. The number of imidazole rings is 1. The van der Waals surface area contributed by atoms with Crippen LogP contribution in [-0.4, -0.2) is 29.1 Å². The van der Waals surface area contributed by atoms with Crippen molar-refractivity contribution in [3.63, 3.8) is 0 Å². The van der Waals surface area contributed by atoms with Gasteiger partial charge in [0.1, 0.15) is 12.4 Å². The van der Waals surface area contributed by atoms with Crippen LogP contribution in [0.5, 0.6) is 0 Å². The number of carbonyl (C=O) groups is 1. The van der Waals surface area contributed by atoms with Crippen molar-refractivity contribution in [1.82, 2.24) is 15.3 Å². The minimum absolute atomic E-state index is 0.0988. The van der Waals surface area contributed by atoms with Gasteiger partial charge in [-0.15, -0.1) is 0 Å². The first-order valence-corrected chi connectivity index (χ1v) is 4.60. The van der Waals surface area contributed by atoms with Crippen LogP contribution in [0.15, 0.2) is 12.4 Å². The molecule has 0 radical (unpaired) electrons. The molecule has 5 nitrogen and oxygen atoms in total. The number of hydrogen-bond donors (Lipinski definition) is 2. The van der Waals surface area contributed by atoms with Gasteiger partial charge in [0.15, 0.2) is 0 Å². The Bertz CT molecular complexity index is 272. The Labute approximate surface area is 82.9 Å². The molecule has 78 valence electrons. The van der Waals surface area contributed by atoms with Crippen LogP contribution >= 0.6 is 0 Å². The zero-order valence-corrected chi connectivity index (χ0v) is 8.41. The maximum atomic E-state index is 11.2. The molecule has 1 aromatic rings. The highest BCUT2D eigenvalue weighted by Crippen LogP contribution is 2.04. The van der Waals surface area contributed by atoms with Crippen LogP contribution in [0.1, 0.15) is 25.7 Å². The van der Waals surface area contributed by atoms with Crippen molar-refractivity contribution < 1.29 is 9.53 Å². The molecule has 0 aromatic carbocycles. The number of ether oxygens (including phenoxy) is 1. The molecule has 0 saturated heterocycles. The van der Waals surface area contributed by atoms with Gasteiger partial charge in [0.05, 0.1) is 6.04 Å². The standard InChI is InChI=1S/C9H15N3O2/c1-3-14-6-8(13)12-7(2)9-10-4-5-11-9/h4-5,7H,3,6H2,1-2H3,(H,10,11)(H,12,13). The van der Waals surface area contributed by atoms with E-state index in [1.165, 1.54) is 0 Å². The molecule has 0 aliphatic heterocycles. The second kappa shape index (κ2) is 5.39. The summed E-state index contributed by atoms with van der Waals surface area (Å²) in [7, 11) is 0. The average Bonchev–Trinajstić information content (AvgIpc) is 2.67. The molecule has 0 aliphatic carbocycles. The topological polar surface area (TPSA) is 67.0 Å². The third-order valence-corrected chi connectivity index (χ3v) is 1.74. The summed E-state index contributed by atoms with van der Waals surface area (Å²) in [4.78, 5) is 18.2. The Morgan fingerprint density at radius 3 is 3.14 bits per heavy atom. The first-order chi connectivity index (χ1) is 6.74. The first-order valence-electron chi connectivity index (χ1n) is 4.60. The largest absolute Gasteiger partial charge is 0.372 e. The number of aromatic nitrogens is 2. The molecular formula is C9H15N3O2. The average molecular weight is 197 g/mol. The van der Waals surface area contributed by atoms with Gasteiger partial charge >= 0.3 is 0 Å². The van der Waals surface area contributed by atoms with Crippen molar-refractivity contribution in [3.05, 3.63) is 18.2 Å². The number of H-pyrrole nitrogens is 1. The lowest BCUT2D eigenvalue weighted by molar-refractivity contribution is -0.126. The zero-order valence-electron chi connectivity index (χ0n) is 8.41. The van der Waals surface area contributed by atoms with Crippen molar-refractivity contribution in [2.75, 3.05) is 13.2 Å². The second-order valence-electron chi connectivity index (χ2n) is 2.90. The van der Waals surface area contributed by atoms with Gasteiger partial charge in [0.2, 0.25) is 5.91 Å². The highest BCUT2D eigenvalue weighted by molar-refractivity contribution is 5.77. The molecule has 0 bridgehead atoms. The van der Waals surface area contributed by atoms with Gasteiger partial charge in [0.25, 0.3) is 0 Å². The highest BCUT2D eigenvalue weighted by atomic mass is 16.5. The molecular weight excluding hydrogens is 182 g/mol. The van der Waals surface area contributed by atoms with Crippen molar-refractivity contribution in [2.45, 2.75) is 19.9 Å². The molecule has 0 aliphatic rings. The lowest BCUT2D eigenvalue weighted by atomic mass is 10.3. The molecule has 1 unspecified atom stereocenters. The summed E-state index contributed by atoms with van der Waals surface area (Å²) in [5, 5.41) is 2.76. The van der Waals surface area contributed by atoms with E-state index in [1.807, 2.05) is 13.8 Å². The van der Waals surface area contributed by atoms with E-state index >= 15 is 0 Å². The molecule has 0 spiro atoms. The maximum Gasteiger partial charge on any atom is 0.246 e. The molecule has 0 saturated carbocycles. The van der Waals surface area contributed by atoms with E-state index in [0.717, 1.165) is 5.82 Å². The fourth-order valence-electron chi connectivity index (χ4n) is 1.06. The quantitative estimate of drug-likeness (QED) is 0.727. The van der Waals surface area contributed by atoms with Crippen LogP contribution in [0, 0.1) is 0 Å². The monoisotopic (exact) mass is 197 g/mol. The summed E-state index contributed by atoms with van der Waals surface area (Å²) in [5.41, 5.74) is 0. The summed E-state index contributed by atoms with van der Waals surface area (Å²) >= 11 is 0. The lowest BCUT2D eigenvalue weighted by Gasteiger charge is -2.10. The van der Waals surface area contributed by atoms with Crippen LogP contribution in [0.3, 0.4) is 0 Å². The van der Waals surface area contributed by atoms with E-state index in [1.54, 1.807) is 12.4 Å². The second-order valence-corrected chi connectivity index (χ2v) is 2.90. The van der Waals surface area contributed by atoms with E-state index < -0.39 is 0 Å². The smallest absolute Gasteiger partial charge is 0.246 e. The molecule has 1 heterocycles. The Hall–Kier alpha value is -1.36. The van der Waals surface area contributed by atoms with E-state index in [2.05, 4.69) is 15.3 Å². The Morgan fingerprint density at radius 1 is 1.79 bits per heavy atom. The molecule has 0 fully saturated rings. The molecule has 1 amide bonds. The Kier molecular flexibility index (Phi) is 4.12. The van der Waals surface area contributed by atoms with Crippen molar-refractivity contribution in [2.24, 2.45) is 0 Å². The van der Waals surface area contributed by atoms with E-state index in [9.17, 15) is 4.79 Å². The number of hydrogen-bond acceptors (Lipinski definition) is 3. The molecule has 1 atom stereocenters. The Balaban J connectivity index is 2.33. The fourth-order valence-corrected chi connectivity index (χ4v) is 1.06. The van der Waals surface area contributed by atoms with Gasteiger partial charge < -0.3 is 15.0 Å². The van der Waals surface area contributed by atoms with Crippen LogP contribution in [0.25, 0.3) is 0 Å². The minimum atomic E-state index is -0.129. The predicted octanol–water partition coefficient (Wildman–Crippen LogP) is 0.623. The SMILES string of the molecule is CCOCC(=O)NC(C)c1ncc[nH]1. The van der Waals surface area contributed by atoms with E-state index in [0.29, 0.717) is 6.61 Å². The van der Waals surface area contributed by atoms with E-state index in [-0.39, 0.29) is 18.6 Å². The predicted molar refractivity (Wildman–Crippen MR) is 51.6 cm³/mol. The zero-order chi connectivity index (χ0) is 10.4.